The van der Waals surface area contributed by atoms with Gasteiger partial charge in [0.2, 0.25) is 5.91 Å². The number of anilines is 2. The Balaban J connectivity index is 1.83. The van der Waals surface area contributed by atoms with Gasteiger partial charge in [-0.3, -0.25) is 9.59 Å². The molecule has 25 heavy (non-hydrogen) atoms. The molecule has 0 aliphatic carbocycles. The van der Waals surface area contributed by atoms with E-state index >= 15 is 0 Å². The first-order valence-corrected chi connectivity index (χ1v) is 7.10. The van der Waals surface area contributed by atoms with E-state index in [1.165, 1.54) is 18.4 Å². The van der Waals surface area contributed by atoms with Crippen LogP contribution in [0.2, 0.25) is 0 Å². The molecule has 0 atom stereocenters. The van der Waals surface area contributed by atoms with Crippen LogP contribution in [0.4, 0.5) is 20.2 Å². The predicted octanol–water partition coefficient (Wildman–Crippen LogP) is 2.00. The summed E-state index contributed by atoms with van der Waals surface area (Å²) >= 11 is 0. The average molecular weight is 346 g/mol. The number of aromatic nitrogens is 2. The summed E-state index contributed by atoms with van der Waals surface area (Å²) in [5, 5.41) is 6.37. The summed E-state index contributed by atoms with van der Waals surface area (Å²) in [4.78, 5) is 24.1. The van der Waals surface area contributed by atoms with Gasteiger partial charge in [-0.1, -0.05) is 0 Å². The van der Waals surface area contributed by atoms with E-state index in [1.807, 2.05) is 0 Å². The fourth-order valence-corrected chi connectivity index (χ4v) is 2.12. The van der Waals surface area contributed by atoms with Crippen molar-refractivity contribution in [2.24, 2.45) is 0 Å². The molecule has 3 aromatic rings. The summed E-state index contributed by atoms with van der Waals surface area (Å²) in [7, 11) is 0. The highest BCUT2D eigenvalue weighted by molar-refractivity contribution is 5.90. The number of nitrogens with zero attached hydrogens (tertiary/aromatic N) is 2. The molecule has 1 aromatic carbocycles. The molecule has 0 aliphatic heterocycles. The van der Waals surface area contributed by atoms with Crippen molar-refractivity contribution in [3.63, 3.8) is 0 Å². The Labute approximate surface area is 139 Å². The van der Waals surface area contributed by atoms with Gasteiger partial charge in [-0.2, -0.15) is 5.10 Å². The largest absolute Gasteiger partial charge is 0.463 e. The summed E-state index contributed by atoms with van der Waals surface area (Å²) < 4.78 is 32.1. The minimum Gasteiger partial charge on any atom is -0.463 e. The minimum atomic E-state index is -1.10. The average Bonchev–Trinajstić information content (AvgIpc) is 3.09. The second kappa shape index (κ2) is 6.56. The third kappa shape index (κ3) is 3.55. The molecule has 0 unspecified atom stereocenters. The third-order valence-corrected chi connectivity index (χ3v) is 3.27. The second-order valence-corrected chi connectivity index (χ2v) is 5.10. The van der Waals surface area contributed by atoms with E-state index in [1.54, 1.807) is 12.1 Å². The molecule has 1 amide bonds. The number of nitrogens with one attached hydrogen (secondary N) is 1. The normalized spacial score (nSPS) is 10.6. The van der Waals surface area contributed by atoms with Crippen LogP contribution in [0.3, 0.4) is 0 Å². The van der Waals surface area contributed by atoms with Crippen LogP contribution in [-0.4, -0.2) is 15.7 Å². The number of halogens is 2. The summed E-state index contributed by atoms with van der Waals surface area (Å²) in [5.74, 6) is -2.41. The van der Waals surface area contributed by atoms with E-state index in [0.717, 1.165) is 16.8 Å². The standard InChI is InChI=1S/C16H12F2N4O3/c17-10-4-3-9(6-11(10)18)20-15(23)8-22-16(24)12(19)7-13(21-22)14-2-1-5-25-14/h1-7H,8,19H2,(H,20,23). The Hall–Kier alpha value is -3.49. The Morgan fingerprint density at radius 3 is 2.72 bits per heavy atom. The van der Waals surface area contributed by atoms with Crippen molar-refractivity contribution in [1.82, 2.24) is 9.78 Å². The molecule has 0 radical (unpaired) electrons. The molecule has 9 heteroatoms. The van der Waals surface area contributed by atoms with Crippen LogP contribution < -0.4 is 16.6 Å². The minimum absolute atomic E-state index is 0.0483. The van der Waals surface area contributed by atoms with Crippen molar-refractivity contribution in [2.45, 2.75) is 6.54 Å². The Morgan fingerprint density at radius 2 is 2.04 bits per heavy atom. The topological polar surface area (TPSA) is 103 Å². The van der Waals surface area contributed by atoms with Crippen molar-refractivity contribution >= 4 is 17.3 Å². The van der Waals surface area contributed by atoms with E-state index in [0.29, 0.717) is 5.76 Å². The van der Waals surface area contributed by atoms with E-state index in [4.69, 9.17) is 10.2 Å². The molecular weight excluding hydrogens is 334 g/mol. The molecule has 0 spiro atoms. The highest BCUT2D eigenvalue weighted by Gasteiger charge is 2.13. The van der Waals surface area contributed by atoms with Gasteiger partial charge in [-0.25, -0.2) is 13.5 Å². The molecule has 128 valence electrons. The predicted molar refractivity (Wildman–Crippen MR) is 85.6 cm³/mol. The zero-order chi connectivity index (χ0) is 18.0. The zero-order valence-corrected chi connectivity index (χ0v) is 12.7. The maximum absolute atomic E-state index is 13.2. The smallest absolute Gasteiger partial charge is 0.290 e. The van der Waals surface area contributed by atoms with Gasteiger partial charge in [0.1, 0.15) is 17.9 Å². The second-order valence-electron chi connectivity index (χ2n) is 5.10. The van der Waals surface area contributed by atoms with Gasteiger partial charge in [0.25, 0.3) is 5.56 Å². The van der Waals surface area contributed by atoms with Crippen LogP contribution in [0.5, 0.6) is 0 Å². The van der Waals surface area contributed by atoms with Gasteiger partial charge >= 0.3 is 0 Å². The van der Waals surface area contributed by atoms with E-state index in [-0.39, 0.29) is 17.1 Å². The Kier molecular flexibility index (Phi) is 4.29. The van der Waals surface area contributed by atoms with Gasteiger partial charge in [0.15, 0.2) is 17.4 Å². The quantitative estimate of drug-likeness (QED) is 0.752. The number of rotatable bonds is 4. The molecule has 0 saturated carbocycles. The van der Waals surface area contributed by atoms with E-state index in [2.05, 4.69) is 10.4 Å². The number of hydrogen-bond donors (Lipinski definition) is 2. The van der Waals surface area contributed by atoms with Crippen LogP contribution in [-0.2, 0) is 11.3 Å². The maximum Gasteiger partial charge on any atom is 0.290 e. The fourth-order valence-electron chi connectivity index (χ4n) is 2.12. The first-order chi connectivity index (χ1) is 11.9. The molecule has 7 nitrogen and oxygen atoms in total. The molecular formula is C16H12F2N4O3. The number of carbonyl (C=O) groups excluding carboxylic acids is 1. The van der Waals surface area contributed by atoms with Crippen LogP contribution in [0.15, 0.2) is 51.9 Å². The summed E-state index contributed by atoms with van der Waals surface area (Å²) in [6.45, 7) is -0.462. The lowest BCUT2D eigenvalue weighted by Gasteiger charge is -2.09. The van der Waals surface area contributed by atoms with E-state index in [9.17, 15) is 18.4 Å². The number of furan rings is 1. The number of amides is 1. The molecule has 2 heterocycles. The molecule has 2 aromatic heterocycles. The fraction of sp³-hybridized carbons (Fsp3) is 0.0625. The third-order valence-electron chi connectivity index (χ3n) is 3.27. The van der Waals surface area contributed by atoms with E-state index < -0.39 is 29.6 Å². The summed E-state index contributed by atoms with van der Waals surface area (Å²) in [6, 6.07) is 7.50. The van der Waals surface area contributed by atoms with Crippen LogP contribution >= 0.6 is 0 Å². The first-order valence-electron chi connectivity index (χ1n) is 7.10. The maximum atomic E-state index is 13.2. The van der Waals surface area contributed by atoms with Crippen molar-refractivity contribution in [1.29, 1.82) is 0 Å². The molecule has 0 saturated heterocycles. The molecule has 0 fully saturated rings. The Bertz CT molecular complexity index is 984. The molecule has 0 bridgehead atoms. The number of benzene rings is 1. The highest BCUT2D eigenvalue weighted by Crippen LogP contribution is 2.17. The number of hydrogen-bond acceptors (Lipinski definition) is 5. The van der Waals surface area contributed by atoms with Gasteiger partial charge in [0, 0.05) is 11.8 Å². The first kappa shape index (κ1) is 16.4. The van der Waals surface area contributed by atoms with Crippen molar-refractivity contribution in [3.05, 3.63) is 64.6 Å². The molecule has 3 N–H and O–H groups in total. The van der Waals surface area contributed by atoms with Crippen LogP contribution in [0, 0.1) is 11.6 Å². The lowest BCUT2D eigenvalue weighted by Crippen LogP contribution is -2.31. The summed E-state index contributed by atoms with van der Waals surface area (Å²) in [6.07, 6.45) is 1.43. The highest BCUT2D eigenvalue weighted by atomic mass is 19.2. The number of nitrogen functional groups attached to an aromatic ring is 1. The van der Waals surface area contributed by atoms with Crippen molar-refractivity contribution in [2.75, 3.05) is 11.1 Å². The zero-order valence-electron chi connectivity index (χ0n) is 12.7. The van der Waals surface area contributed by atoms with Crippen LogP contribution in [0.25, 0.3) is 11.5 Å². The number of carbonyl (C=O) groups is 1. The molecule has 3 rings (SSSR count). The SMILES string of the molecule is Nc1cc(-c2ccco2)nn(CC(=O)Nc2ccc(F)c(F)c2)c1=O. The monoisotopic (exact) mass is 346 g/mol. The number of nitrogens with two attached hydrogens (primary N) is 1. The van der Waals surface area contributed by atoms with Gasteiger partial charge in [0.05, 0.1) is 6.26 Å². The molecule has 0 aliphatic rings. The lowest BCUT2D eigenvalue weighted by molar-refractivity contribution is -0.117. The van der Waals surface area contributed by atoms with Gasteiger partial charge in [-0.05, 0) is 30.3 Å². The summed E-state index contributed by atoms with van der Waals surface area (Å²) in [5.41, 5.74) is 5.22. The van der Waals surface area contributed by atoms with Crippen LogP contribution in [0.1, 0.15) is 0 Å². The van der Waals surface area contributed by atoms with Gasteiger partial charge in [-0.15, -0.1) is 0 Å². The van der Waals surface area contributed by atoms with Crippen molar-refractivity contribution < 1.29 is 18.0 Å². The lowest BCUT2D eigenvalue weighted by atomic mass is 10.3. The van der Waals surface area contributed by atoms with Gasteiger partial charge < -0.3 is 15.5 Å². The van der Waals surface area contributed by atoms with Crippen molar-refractivity contribution in [3.8, 4) is 11.5 Å². The Morgan fingerprint density at radius 1 is 1.24 bits per heavy atom.